The van der Waals surface area contributed by atoms with Gasteiger partial charge in [-0.25, -0.2) is 0 Å². The van der Waals surface area contributed by atoms with Gasteiger partial charge in [-0.1, -0.05) is 6.92 Å². The van der Waals surface area contributed by atoms with Gasteiger partial charge in [-0.15, -0.1) is 0 Å². The van der Waals surface area contributed by atoms with Crippen LogP contribution in [0, 0.1) is 16.7 Å². The maximum atomic E-state index is 11.4. The average Bonchev–Trinajstić information content (AvgIpc) is 2.17. The Morgan fingerprint density at radius 2 is 2.14 bits per heavy atom. The lowest BCUT2D eigenvalue weighted by Gasteiger charge is -2.17. The van der Waals surface area contributed by atoms with Crippen molar-refractivity contribution in [1.29, 1.82) is 5.26 Å². The summed E-state index contributed by atoms with van der Waals surface area (Å²) in [5.74, 6) is -0.204. The van der Waals surface area contributed by atoms with E-state index in [0.717, 1.165) is 13.1 Å². The van der Waals surface area contributed by atoms with Gasteiger partial charge in [-0.3, -0.25) is 4.79 Å². The van der Waals surface area contributed by atoms with Crippen LogP contribution in [0.3, 0.4) is 0 Å². The second kappa shape index (κ2) is 5.61. The molecule has 14 heavy (non-hydrogen) atoms. The van der Waals surface area contributed by atoms with Crippen LogP contribution in [-0.2, 0) is 4.79 Å². The molecule has 0 radical (unpaired) electrons. The van der Waals surface area contributed by atoms with Crippen molar-refractivity contribution >= 4 is 5.91 Å². The first-order valence-electron chi connectivity index (χ1n) is 4.82. The van der Waals surface area contributed by atoms with Gasteiger partial charge in [-0.05, 0) is 27.4 Å². The highest BCUT2D eigenvalue weighted by atomic mass is 16.2. The zero-order valence-electron chi connectivity index (χ0n) is 9.42. The van der Waals surface area contributed by atoms with E-state index in [0.29, 0.717) is 6.54 Å². The lowest BCUT2D eigenvalue weighted by atomic mass is 9.95. The monoisotopic (exact) mass is 197 g/mol. The molecule has 0 saturated carbocycles. The summed E-state index contributed by atoms with van der Waals surface area (Å²) in [5.41, 5.74) is -0.926. The highest BCUT2D eigenvalue weighted by Crippen LogP contribution is 2.12. The number of amides is 1. The number of nitrogens with one attached hydrogen (secondary N) is 1. The molecule has 0 bridgehead atoms. The van der Waals surface area contributed by atoms with Crippen LogP contribution in [0.4, 0.5) is 0 Å². The van der Waals surface area contributed by atoms with Crippen molar-refractivity contribution in [2.45, 2.75) is 20.8 Å². The van der Waals surface area contributed by atoms with Crippen molar-refractivity contribution in [3.05, 3.63) is 0 Å². The lowest BCUT2D eigenvalue weighted by Crippen LogP contribution is -2.39. The zero-order chi connectivity index (χ0) is 11.2. The molecule has 1 amide bonds. The fraction of sp³-hybridized carbons (Fsp3) is 0.800. The Kier molecular flexibility index (Phi) is 5.18. The van der Waals surface area contributed by atoms with E-state index in [1.807, 2.05) is 13.1 Å². The molecule has 0 unspecified atom stereocenters. The number of carbonyl (C=O) groups excluding carboxylic acids is 1. The topological polar surface area (TPSA) is 56.1 Å². The molecule has 0 fully saturated rings. The first-order chi connectivity index (χ1) is 6.44. The van der Waals surface area contributed by atoms with Gasteiger partial charge < -0.3 is 10.2 Å². The molecule has 0 aliphatic carbocycles. The van der Waals surface area contributed by atoms with Gasteiger partial charge in [0, 0.05) is 13.1 Å². The minimum absolute atomic E-state index is 0.204. The molecule has 4 nitrogen and oxygen atoms in total. The molecule has 0 rings (SSSR count). The average molecular weight is 197 g/mol. The molecule has 0 aromatic heterocycles. The Morgan fingerprint density at radius 1 is 1.57 bits per heavy atom. The van der Waals surface area contributed by atoms with Gasteiger partial charge in [0.2, 0.25) is 5.91 Å². The third-order valence-corrected chi connectivity index (χ3v) is 2.17. The van der Waals surface area contributed by atoms with Crippen molar-refractivity contribution in [2.24, 2.45) is 5.41 Å². The van der Waals surface area contributed by atoms with E-state index in [4.69, 9.17) is 5.26 Å². The fourth-order valence-electron chi connectivity index (χ4n) is 0.790. The van der Waals surface area contributed by atoms with Crippen LogP contribution in [0.25, 0.3) is 0 Å². The van der Waals surface area contributed by atoms with E-state index in [9.17, 15) is 4.79 Å². The van der Waals surface area contributed by atoms with Crippen molar-refractivity contribution in [2.75, 3.05) is 26.7 Å². The summed E-state index contributed by atoms with van der Waals surface area (Å²) in [6, 6.07) is 1.97. The number of hydrogen-bond donors (Lipinski definition) is 1. The maximum absolute atomic E-state index is 11.4. The highest BCUT2D eigenvalue weighted by Gasteiger charge is 2.26. The first-order valence-corrected chi connectivity index (χ1v) is 4.82. The molecule has 0 aromatic carbocycles. The van der Waals surface area contributed by atoms with Crippen LogP contribution in [0.5, 0.6) is 0 Å². The predicted molar refractivity (Wildman–Crippen MR) is 55.6 cm³/mol. The number of carbonyl (C=O) groups is 1. The second-order valence-electron chi connectivity index (χ2n) is 3.89. The van der Waals surface area contributed by atoms with Crippen molar-refractivity contribution in [3.8, 4) is 6.07 Å². The standard InChI is InChI=1S/C10H19N3O/c1-5-13(4)7-6-12-9(14)10(2,3)8-11/h5-7H2,1-4H3,(H,12,14). The van der Waals surface area contributed by atoms with Crippen molar-refractivity contribution in [1.82, 2.24) is 10.2 Å². The molecule has 0 heterocycles. The number of likely N-dealkylation sites (N-methyl/N-ethyl adjacent to an activating group) is 1. The molecule has 1 N–H and O–H groups in total. The molecular weight excluding hydrogens is 178 g/mol. The minimum atomic E-state index is -0.926. The summed E-state index contributed by atoms with van der Waals surface area (Å²) >= 11 is 0. The van der Waals surface area contributed by atoms with E-state index >= 15 is 0 Å². The molecule has 0 aromatic rings. The van der Waals surface area contributed by atoms with Gasteiger partial charge in [0.05, 0.1) is 6.07 Å². The fourth-order valence-corrected chi connectivity index (χ4v) is 0.790. The van der Waals surface area contributed by atoms with Crippen LogP contribution in [-0.4, -0.2) is 37.5 Å². The summed E-state index contributed by atoms with van der Waals surface area (Å²) in [4.78, 5) is 13.5. The Balaban J connectivity index is 3.82. The first kappa shape index (κ1) is 12.9. The molecule has 0 spiro atoms. The SMILES string of the molecule is CCN(C)CCNC(=O)C(C)(C)C#N. The Morgan fingerprint density at radius 3 is 2.57 bits per heavy atom. The predicted octanol–water partition coefficient (Wildman–Crippen LogP) is 0.604. The lowest BCUT2D eigenvalue weighted by molar-refractivity contribution is -0.126. The number of rotatable bonds is 5. The van der Waals surface area contributed by atoms with Crippen molar-refractivity contribution < 1.29 is 4.79 Å². The van der Waals surface area contributed by atoms with Gasteiger partial charge >= 0.3 is 0 Å². The summed E-state index contributed by atoms with van der Waals surface area (Å²) in [7, 11) is 1.99. The van der Waals surface area contributed by atoms with E-state index in [2.05, 4.69) is 17.1 Å². The maximum Gasteiger partial charge on any atom is 0.239 e. The third kappa shape index (κ3) is 4.24. The van der Waals surface area contributed by atoms with Crippen LogP contribution < -0.4 is 5.32 Å². The smallest absolute Gasteiger partial charge is 0.239 e. The molecule has 0 saturated heterocycles. The number of nitriles is 1. The molecule has 0 aliphatic heterocycles. The quantitative estimate of drug-likeness (QED) is 0.702. The number of nitrogens with zero attached hydrogens (tertiary/aromatic N) is 2. The van der Waals surface area contributed by atoms with E-state index in [1.54, 1.807) is 13.8 Å². The number of hydrogen-bond acceptors (Lipinski definition) is 3. The summed E-state index contributed by atoms with van der Waals surface area (Å²) < 4.78 is 0. The van der Waals surface area contributed by atoms with Crippen molar-refractivity contribution in [3.63, 3.8) is 0 Å². The Labute approximate surface area is 85.9 Å². The molecule has 0 atom stereocenters. The molecule has 4 heteroatoms. The normalized spacial score (nSPS) is 11.1. The third-order valence-electron chi connectivity index (χ3n) is 2.17. The zero-order valence-corrected chi connectivity index (χ0v) is 9.42. The van der Waals surface area contributed by atoms with Gasteiger partial charge in [0.1, 0.15) is 5.41 Å². The van der Waals surface area contributed by atoms with E-state index in [1.165, 1.54) is 0 Å². The Hall–Kier alpha value is -1.08. The minimum Gasteiger partial charge on any atom is -0.353 e. The van der Waals surface area contributed by atoms with Crippen LogP contribution >= 0.6 is 0 Å². The van der Waals surface area contributed by atoms with Crippen LogP contribution in [0.1, 0.15) is 20.8 Å². The summed E-state index contributed by atoms with van der Waals surface area (Å²) in [5, 5.41) is 11.4. The largest absolute Gasteiger partial charge is 0.353 e. The van der Waals surface area contributed by atoms with E-state index < -0.39 is 5.41 Å². The van der Waals surface area contributed by atoms with E-state index in [-0.39, 0.29) is 5.91 Å². The van der Waals surface area contributed by atoms with Gasteiger partial charge in [0.15, 0.2) is 0 Å². The summed E-state index contributed by atoms with van der Waals surface area (Å²) in [6.07, 6.45) is 0. The van der Waals surface area contributed by atoms with Gasteiger partial charge in [-0.2, -0.15) is 5.26 Å². The summed E-state index contributed by atoms with van der Waals surface area (Å²) in [6.45, 7) is 7.65. The Bertz CT molecular complexity index is 230. The van der Waals surface area contributed by atoms with Gasteiger partial charge in [0.25, 0.3) is 0 Å². The molecular formula is C10H19N3O. The molecule has 0 aliphatic rings. The van der Waals surface area contributed by atoms with Crippen LogP contribution in [0.2, 0.25) is 0 Å². The highest BCUT2D eigenvalue weighted by molar-refractivity contribution is 5.84. The molecule has 80 valence electrons. The second-order valence-corrected chi connectivity index (χ2v) is 3.89. The van der Waals surface area contributed by atoms with Crippen LogP contribution in [0.15, 0.2) is 0 Å².